The van der Waals surface area contributed by atoms with Gasteiger partial charge in [0.15, 0.2) is 0 Å². The van der Waals surface area contributed by atoms with Crippen LogP contribution in [0, 0.1) is 13.8 Å². The standard InChI is InChI=1S/C18H21ClN2O3S/c1-13-5-4-6-14(2)18(13)20-17(22)12-21(25(3,23)24)11-15-7-9-16(19)10-8-15/h4-10H,11-12H2,1-3H3,(H,20,22). The van der Waals surface area contributed by atoms with E-state index >= 15 is 0 Å². The van der Waals surface area contributed by atoms with Crippen molar-refractivity contribution in [1.29, 1.82) is 0 Å². The van der Waals surface area contributed by atoms with Gasteiger partial charge in [0.25, 0.3) is 0 Å². The van der Waals surface area contributed by atoms with Crippen LogP contribution in [0.2, 0.25) is 5.02 Å². The third-order valence-electron chi connectivity index (χ3n) is 3.81. The summed E-state index contributed by atoms with van der Waals surface area (Å²) in [5, 5.41) is 3.38. The first kappa shape index (κ1) is 19.4. The third-order valence-corrected chi connectivity index (χ3v) is 5.25. The molecule has 0 aliphatic rings. The lowest BCUT2D eigenvalue weighted by Gasteiger charge is -2.20. The third kappa shape index (κ3) is 5.56. The molecule has 2 rings (SSSR count). The molecule has 1 amide bonds. The molecule has 0 bridgehead atoms. The Morgan fingerprint density at radius 1 is 1.08 bits per heavy atom. The van der Waals surface area contributed by atoms with Gasteiger partial charge in [-0.1, -0.05) is 41.9 Å². The molecule has 5 nitrogen and oxygen atoms in total. The Balaban J connectivity index is 2.14. The van der Waals surface area contributed by atoms with Gasteiger partial charge < -0.3 is 5.32 Å². The second kappa shape index (κ2) is 7.99. The Labute approximate surface area is 153 Å². The predicted molar refractivity (Wildman–Crippen MR) is 101 cm³/mol. The minimum absolute atomic E-state index is 0.107. The van der Waals surface area contributed by atoms with Crippen LogP contribution >= 0.6 is 11.6 Å². The number of nitrogens with zero attached hydrogens (tertiary/aromatic N) is 1. The molecule has 0 aliphatic heterocycles. The molecular formula is C18H21ClN2O3S. The summed E-state index contributed by atoms with van der Waals surface area (Å²) >= 11 is 5.85. The number of hydrogen-bond donors (Lipinski definition) is 1. The first-order chi connectivity index (χ1) is 11.7. The van der Waals surface area contributed by atoms with Gasteiger partial charge in [0.05, 0.1) is 12.8 Å². The average molecular weight is 381 g/mol. The first-order valence-corrected chi connectivity index (χ1v) is 9.95. The number of hydrogen-bond acceptors (Lipinski definition) is 3. The Morgan fingerprint density at radius 2 is 1.64 bits per heavy atom. The van der Waals surface area contributed by atoms with E-state index in [1.165, 1.54) is 0 Å². The van der Waals surface area contributed by atoms with Crippen molar-refractivity contribution in [2.75, 3.05) is 18.1 Å². The molecule has 1 N–H and O–H groups in total. The van der Waals surface area contributed by atoms with Crippen molar-refractivity contribution in [1.82, 2.24) is 4.31 Å². The van der Waals surface area contributed by atoms with E-state index in [1.807, 2.05) is 32.0 Å². The summed E-state index contributed by atoms with van der Waals surface area (Å²) in [5.74, 6) is -0.378. The highest BCUT2D eigenvalue weighted by Crippen LogP contribution is 2.20. The molecule has 0 unspecified atom stereocenters. The molecule has 0 radical (unpaired) electrons. The first-order valence-electron chi connectivity index (χ1n) is 7.72. The van der Waals surface area contributed by atoms with Crippen LogP contribution in [-0.2, 0) is 21.4 Å². The number of halogens is 1. The highest BCUT2D eigenvalue weighted by atomic mass is 35.5. The molecule has 0 spiro atoms. The van der Waals surface area contributed by atoms with Gasteiger partial charge in [-0.15, -0.1) is 0 Å². The van der Waals surface area contributed by atoms with Crippen LogP contribution in [0.4, 0.5) is 5.69 Å². The molecule has 134 valence electrons. The number of benzene rings is 2. The average Bonchev–Trinajstić information content (AvgIpc) is 2.51. The number of anilines is 1. The minimum atomic E-state index is -3.54. The normalized spacial score (nSPS) is 11.6. The van der Waals surface area contributed by atoms with E-state index in [1.54, 1.807) is 24.3 Å². The summed E-state index contributed by atoms with van der Waals surface area (Å²) in [6, 6.07) is 12.6. The van der Waals surface area contributed by atoms with E-state index in [0.29, 0.717) is 10.7 Å². The van der Waals surface area contributed by atoms with E-state index in [2.05, 4.69) is 5.32 Å². The molecule has 0 heterocycles. The van der Waals surface area contributed by atoms with E-state index in [0.717, 1.165) is 27.3 Å². The zero-order chi connectivity index (χ0) is 18.6. The van der Waals surface area contributed by atoms with Crippen molar-refractivity contribution >= 4 is 33.2 Å². The number of rotatable bonds is 6. The van der Waals surface area contributed by atoms with Gasteiger partial charge in [-0.05, 0) is 42.7 Å². The summed E-state index contributed by atoms with van der Waals surface area (Å²) in [4.78, 5) is 12.4. The largest absolute Gasteiger partial charge is 0.324 e. The molecule has 0 aromatic heterocycles. The Bertz CT molecular complexity index is 844. The number of para-hydroxylation sites is 1. The molecule has 2 aromatic rings. The maximum Gasteiger partial charge on any atom is 0.239 e. The maximum absolute atomic E-state index is 12.4. The van der Waals surface area contributed by atoms with Crippen LogP contribution in [-0.4, -0.2) is 31.4 Å². The van der Waals surface area contributed by atoms with E-state index in [4.69, 9.17) is 11.6 Å². The predicted octanol–water partition coefficient (Wildman–Crippen LogP) is 3.36. The molecule has 7 heteroatoms. The van der Waals surface area contributed by atoms with Crippen molar-refractivity contribution in [3.05, 3.63) is 64.2 Å². The van der Waals surface area contributed by atoms with Crippen LogP contribution in [0.3, 0.4) is 0 Å². The smallest absolute Gasteiger partial charge is 0.239 e. The SMILES string of the molecule is Cc1cccc(C)c1NC(=O)CN(Cc1ccc(Cl)cc1)S(C)(=O)=O. The second-order valence-corrected chi connectivity index (χ2v) is 8.39. The lowest BCUT2D eigenvalue weighted by atomic mass is 10.1. The van der Waals surface area contributed by atoms with Gasteiger partial charge in [-0.2, -0.15) is 4.31 Å². The molecular weight excluding hydrogens is 360 g/mol. The Kier molecular flexibility index (Phi) is 6.21. The fourth-order valence-corrected chi connectivity index (χ4v) is 3.30. The zero-order valence-corrected chi connectivity index (χ0v) is 16.0. The molecule has 0 fully saturated rings. The Morgan fingerprint density at radius 3 is 2.16 bits per heavy atom. The topological polar surface area (TPSA) is 66.5 Å². The van der Waals surface area contributed by atoms with Gasteiger partial charge in [0.2, 0.25) is 15.9 Å². The van der Waals surface area contributed by atoms with Crippen molar-refractivity contribution < 1.29 is 13.2 Å². The fraction of sp³-hybridized carbons (Fsp3) is 0.278. The molecule has 2 aromatic carbocycles. The highest BCUT2D eigenvalue weighted by Gasteiger charge is 2.21. The Hall–Kier alpha value is -1.89. The fourth-order valence-electron chi connectivity index (χ4n) is 2.43. The zero-order valence-electron chi connectivity index (χ0n) is 14.4. The van der Waals surface area contributed by atoms with Gasteiger partial charge in [-0.25, -0.2) is 8.42 Å². The van der Waals surface area contributed by atoms with Crippen molar-refractivity contribution in [3.63, 3.8) is 0 Å². The van der Waals surface area contributed by atoms with Crippen molar-refractivity contribution in [2.24, 2.45) is 0 Å². The maximum atomic E-state index is 12.4. The van der Waals surface area contributed by atoms with Gasteiger partial charge in [0.1, 0.15) is 0 Å². The van der Waals surface area contributed by atoms with Crippen LogP contribution < -0.4 is 5.32 Å². The number of aryl methyl sites for hydroxylation is 2. The molecule has 0 atom stereocenters. The van der Waals surface area contributed by atoms with Crippen LogP contribution in [0.1, 0.15) is 16.7 Å². The van der Waals surface area contributed by atoms with Gasteiger partial charge in [-0.3, -0.25) is 4.79 Å². The lowest BCUT2D eigenvalue weighted by Crippen LogP contribution is -2.37. The summed E-state index contributed by atoms with van der Waals surface area (Å²) in [7, 11) is -3.54. The number of carbonyl (C=O) groups excluding carboxylic acids is 1. The number of nitrogens with one attached hydrogen (secondary N) is 1. The molecule has 0 saturated carbocycles. The number of carbonyl (C=O) groups is 1. The summed E-state index contributed by atoms with van der Waals surface area (Å²) < 4.78 is 25.2. The van der Waals surface area contributed by atoms with Crippen LogP contribution in [0.15, 0.2) is 42.5 Å². The lowest BCUT2D eigenvalue weighted by molar-refractivity contribution is -0.116. The van der Waals surface area contributed by atoms with E-state index < -0.39 is 10.0 Å². The summed E-state index contributed by atoms with van der Waals surface area (Å²) in [6.45, 7) is 3.64. The van der Waals surface area contributed by atoms with Crippen LogP contribution in [0.25, 0.3) is 0 Å². The summed E-state index contributed by atoms with van der Waals surface area (Å²) in [6.07, 6.45) is 1.09. The highest BCUT2D eigenvalue weighted by molar-refractivity contribution is 7.88. The number of sulfonamides is 1. The van der Waals surface area contributed by atoms with E-state index in [9.17, 15) is 13.2 Å². The molecule has 0 aliphatic carbocycles. The summed E-state index contributed by atoms with van der Waals surface area (Å²) in [5.41, 5.74) is 3.33. The minimum Gasteiger partial charge on any atom is -0.324 e. The van der Waals surface area contributed by atoms with Crippen LogP contribution in [0.5, 0.6) is 0 Å². The van der Waals surface area contributed by atoms with Gasteiger partial charge in [0, 0.05) is 17.3 Å². The molecule has 0 saturated heterocycles. The quantitative estimate of drug-likeness (QED) is 0.835. The van der Waals surface area contributed by atoms with E-state index in [-0.39, 0.29) is 19.0 Å². The van der Waals surface area contributed by atoms with Crippen molar-refractivity contribution in [2.45, 2.75) is 20.4 Å². The number of amides is 1. The molecule has 25 heavy (non-hydrogen) atoms. The van der Waals surface area contributed by atoms with Crippen molar-refractivity contribution in [3.8, 4) is 0 Å². The monoisotopic (exact) mass is 380 g/mol. The second-order valence-electron chi connectivity index (χ2n) is 5.97. The van der Waals surface area contributed by atoms with Gasteiger partial charge >= 0.3 is 0 Å².